The second-order valence-electron chi connectivity index (χ2n) is 8.88. The first-order chi connectivity index (χ1) is 17.6. The van der Waals surface area contributed by atoms with Crippen LogP contribution in [0.5, 0.6) is 11.5 Å². The molecule has 0 radical (unpaired) electrons. The molecule has 0 spiro atoms. The number of nitrogens with zero attached hydrogens (tertiary/aromatic N) is 2. The average Bonchev–Trinajstić information content (AvgIpc) is 3.26. The Hall–Kier alpha value is -3.73. The molecule has 184 valence electrons. The minimum absolute atomic E-state index is 0.237. The molecule has 0 aromatic heterocycles. The molecule has 6 rings (SSSR count). The molecule has 1 fully saturated rings. The van der Waals surface area contributed by atoms with Crippen LogP contribution in [0.4, 0.5) is 10.5 Å². The normalized spacial score (nSPS) is 22.6. The number of benzene rings is 3. The molecule has 36 heavy (non-hydrogen) atoms. The molecule has 3 aliphatic rings. The zero-order chi connectivity index (χ0) is 24.6. The van der Waals surface area contributed by atoms with Crippen molar-refractivity contribution in [3.05, 3.63) is 83.9 Å². The van der Waals surface area contributed by atoms with Crippen LogP contribution in [-0.4, -0.2) is 46.7 Å². The van der Waals surface area contributed by atoms with Gasteiger partial charge in [-0.2, -0.15) is 9.53 Å². The van der Waals surface area contributed by atoms with E-state index in [0.717, 1.165) is 34.0 Å². The first-order valence-electron chi connectivity index (χ1n) is 11.8. The van der Waals surface area contributed by atoms with E-state index in [1.54, 1.807) is 0 Å². The summed E-state index contributed by atoms with van der Waals surface area (Å²) in [5.41, 5.74) is 5.31. The molecule has 3 atom stereocenters. The summed E-state index contributed by atoms with van der Waals surface area (Å²) >= 11 is 1.24. The third-order valence-corrected chi connectivity index (χ3v) is 7.55. The monoisotopic (exact) mass is 503 g/mol. The molecule has 3 aliphatic heterocycles. The quantitative estimate of drug-likeness (QED) is 0.406. The predicted octanol–water partition coefficient (Wildman–Crippen LogP) is 3.13. The van der Waals surface area contributed by atoms with E-state index in [0.29, 0.717) is 18.7 Å². The van der Waals surface area contributed by atoms with Crippen molar-refractivity contribution < 1.29 is 19.4 Å². The van der Waals surface area contributed by atoms with Crippen molar-refractivity contribution in [2.75, 3.05) is 18.2 Å². The Morgan fingerprint density at radius 1 is 1.03 bits per heavy atom. The maximum atomic E-state index is 13.3. The third-order valence-electron chi connectivity index (χ3n) is 6.52. The van der Waals surface area contributed by atoms with Crippen molar-refractivity contribution in [2.45, 2.75) is 29.4 Å². The first kappa shape index (κ1) is 22.7. The SMILES string of the molecule is O=C1NN2c3c(cccc3C1c1ccc(Oc3ccccc3)cc1)SN2C(=O)N[C@@H]1CCNC[C@@H]1O. The number of ether oxygens (including phenoxy) is 1. The Balaban J connectivity index is 1.24. The fourth-order valence-corrected chi connectivity index (χ4v) is 5.71. The van der Waals surface area contributed by atoms with Crippen molar-refractivity contribution in [1.82, 2.24) is 20.5 Å². The lowest BCUT2D eigenvalue weighted by Crippen LogP contribution is -2.60. The van der Waals surface area contributed by atoms with Gasteiger partial charge in [-0.1, -0.05) is 42.5 Å². The fraction of sp³-hybridized carbons (Fsp3) is 0.231. The second kappa shape index (κ2) is 9.38. The zero-order valence-corrected chi connectivity index (χ0v) is 20.1. The number of hydrogen-bond acceptors (Lipinski definition) is 7. The van der Waals surface area contributed by atoms with Gasteiger partial charge in [-0.05, 0) is 54.4 Å². The smallest absolute Gasteiger partial charge is 0.349 e. The van der Waals surface area contributed by atoms with E-state index in [4.69, 9.17) is 4.74 Å². The van der Waals surface area contributed by atoms with Crippen LogP contribution in [0.15, 0.2) is 77.7 Å². The highest BCUT2D eigenvalue weighted by Gasteiger charge is 2.44. The number of rotatable bonds is 4. The number of carbonyl (C=O) groups excluding carboxylic acids is 2. The van der Waals surface area contributed by atoms with Gasteiger partial charge in [0.1, 0.15) is 17.2 Å². The van der Waals surface area contributed by atoms with Gasteiger partial charge < -0.3 is 20.5 Å². The third kappa shape index (κ3) is 4.13. The lowest BCUT2D eigenvalue weighted by atomic mass is 9.88. The molecule has 3 aromatic carbocycles. The minimum atomic E-state index is -0.664. The van der Waals surface area contributed by atoms with Gasteiger partial charge in [-0.25, -0.2) is 10.2 Å². The number of nitrogens with one attached hydrogen (secondary N) is 3. The number of aliphatic hydroxyl groups is 1. The summed E-state index contributed by atoms with van der Waals surface area (Å²) in [6, 6.07) is 22.0. The molecule has 0 aliphatic carbocycles. The number of aliphatic hydroxyl groups excluding tert-OH is 1. The summed E-state index contributed by atoms with van der Waals surface area (Å²) in [6.45, 7) is 1.15. The van der Waals surface area contributed by atoms with Crippen LogP contribution >= 0.6 is 11.9 Å². The van der Waals surface area contributed by atoms with Crippen LogP contribution in [0, 0.1) is 0 Å². The fourth-order valence-electron chi connectivity index (χ4n) is 4.75. The van der Waals surface area contributed by atoms with Gasteiger partial charge in [-0.15, -0.1) is 0 Å². The van der Waals surface area contributed by atoms with Crippen LogP contribution in [0.3, 0.4) is 0 Å². The lowest BCUT2D eigenvalue weighted by Gasteiger charge is -2.37. The zero-order valence-electron chi connectivity index (χ0n) is 19.3. The summed E-state index contributed by atoms with van der Waals surface area (Å²) in [6.07, 6.45) is -0.0374. The molecule has 9 nitrogen and oxygen atoms in total. The van der Waals surface area contributed by atoms with Gasteiger partial charge in [-0.3, -0.25) is 4.79 Å². The molecule has 0 bridgehead atoms. The first-order valence-corrected chi connectivity index (χ1v) is 12.6. The van der Waals surface area contributed by atoms with Gasteiger partial charge in [0.25, 0.3) is 5.91 Å². The maximum Gasteiger partial charge on any atom is 0.349 e. The van der Waals surface area contributed by atoms with E-state index < -0.39 is 18.1 Å². The number of para-hydroxylation sites is 2. The number of β-amino-alcohol motifs (C(OH)–C–C–N with tert-alkyl or cyclic N) is 1. The number of hydrazine groups is 2. The summed E-state index contributed by atoms with van der Waals surface area (Å²) in [5, 5.41) is 17.7. The van der Waals surface area contributed by atoms with E-state index in [2.05, 4.69) is 16.1 Å². The van der Waals surface area contributed by atoms with E-state index in [-0.39, 0.29) is 11.9 Å². The van der Waals surface area contributed by atoms with Crippen molar-refractivity contribution in [3.63, 3.8) is 0 Å². The Morgan fingerprint density at radius 3 is 2.58 bits per heavy atom. The van der Waals surface area contributed by atoms with Crippen LogP contribution in [0.2, 0.25) is 0 Å². The van der Waals surface area contributed by atoms with Gasteiger partial charge in [0.2, 0.25) is 0 Å². The molecule has 1 saturated heterocycles. The Morgan fingerprint density at radius 2 is 1.81 bits per heavy atom. The summed E-state index contributed by atoms with van der Waals surface area (Å²) in [4.78, 5) is 27.3. The molecule has 1 unspecified atom stereocenters. The molecular weight excluding hydrogens is 478 g/mol. The summed E-state index contributed by atoms with van der Waals surface area (Å²) in [5.74, 6) is 0.652. The Labute approximate surface area is 212 Å². The molecule has 0 saturated carbocycles. The standard InChI is InChI=1S/C26H25N5O4S/c32-21-15-27-14-13-20(21)28-26(34)31-30-24-19(7-4-8-22(24)36-31)23(25(33)29-30)16-9-11-18(12-10-16)35-17-5-2-1-3-6-17/h1-12,20-21,23,27,32H,13-15H2,(H,28,34)(H,29,33)/t20-,21+,23?/m1/s1. The highest BCUT2D eigenvalue weighted by molar-refractivity contribution is 7.98. The second-order valence-corrected chi connectivity index (χ2v) is 9.85. The molecular formula is C26H25N5O4S. The largest absolute Gasteiger partial charge is 0.457 e. The highest BCUT2D eigenvalue weighted by atomic mass is 32.2. The van der Waals surface area contributed by atoms with E-state index in [9.17, 15) is 14.7 Å². The Bertz CT molecular complexity index is 1290. The number of carbonyl (C=O) groups is 2. The van der Waals surface area contributed by atoms with Crippen LogP contribution < -0.4 is 25.9 Å². The molecule has 4 N–H and O–H groups in total. The molecule has 3 heterocycles. The maximum absolute atomic E-state index is 13.3. The topological polar surface area (TPSA) is 106 Å². The Kier molecular flexibility index (Phi) is 5.92. The van der Waals surface area contributed by atoms with Gasteiger partial charge in [0.05, 0.1) is 23.0 Å². The average molecular weight is 504 g/mol. The van der Waals surface area contributed by atoms with Gasteiger partial charge in [0.15, 0.2) is 0 Å². The molecule has 3 amide bonds. The molecule has 10 heteroatoms. The van der Waals surface area contributed by atoms with E-state index in [1.807, 2.05) is 72.8 Å². The van der Waals surface area contributed by atoms with Crippen LogP contribution in [0.25, 0.3) is 0 Å². The van der Waals surface area contributed by atoms with Crippen molar-refractivity contribution in [2.24, 2.45) is 0 Å². The number of piperidine rings is 1. The summed E-state index contributed by atoms with van der Waals surface area (Å²) in [7, 11) is 0. The summed E-state index contributed by atoms with van der Waals surface area (Å²) < 4.78 is 7.29. The van der Waals surface area contributed by atoms with E-state index >= 15 is 0 Å². The van der Waals surface area contributed by atoms with E-state index in [1.165, 1.54) is 21.5 Å². The number of hydrogen-bond donors (Lipinski definition) is 4. The number of amides is 3. The van der Waals surface area contributed by atoms with Gasteiger partial charge >= 0.3 is 6.03 Å². The highest BCUT2D eigenvalue weighted by Crippen LogP contribution is 2.49. The number of anilines is 1. The van der Waals surface area contributed by atoms with Crippen molar-refractivity contribution in [3.8, 4) is 11.5 Å². The predicted molar refractivity (Wildman–Crippen MR) is 135 cm³/mol. The van der Waals surface area contributed by atoms with Crippen LogP contribution in [-0.2, 0) is 4.79 Å². The number of urea groups is 1. The molecule has 3 aromatic rings. The minimum Gasteiger partial charge on any atom is -0.457 e. The van der Waals surface area contributed by atoms with Crippen molar-refractivity contribution >= 4 is 29.6 Å². The van der Waals surface area contributed by atoms with Gasteiger partial charge in [0, 0.05) is 18.5 Å². The van der Waals surface area contributed by atoms with Crippen molar-refractivity contribution in [1.29, 1.82) is 0 Å². The van der Waals surface area contributed by atoms with Crippen LogP contribution in [0.1, 0.15) is 23.5 Å². The lowest BCUT2D eigenvalue weighted by molar-refractivity contribution is -0.122.